The van der Waals surface area contributed by atoms with Crippen molar-refractivity contribution in [3.8, 4) is 0 Å². The van der Waals surface area contributed by atoms with Gasteiger partial charge in [-0.1, -0.05) is 6.42 Å². The lowest BCUT2D eigenvalue weighted by atomic mass is 10.0. The van der Waals surface area contributed by atoms with Gasteiger partial charge < -0.3 is 10.6 Å². The molecule has 1 saturated heterocycles. The fraction of sp³-hybridized carbons (Fsp3) is 0.385. The predicted octanol–water partition coefficient (Wildman–Crippen LogP) is 2.07. The number of H-pyrrole nitrogens is 1. The molecule has 6 heteroatoms. The van der Waals surface area contributed by atoms with Gasteiger partial charge in [0.1, 0.15) is 0 Å². The number of hydrogen-bond acceptors (Lipinski definition) is 3. The second-order valence-electron chi connectivity index (χ2n) is 4.66. The number of amides is 1. The number of aromatic nitrogens is 2. The molecule has 0 spiro atoms. The minimum absolute atomic E-state index is 0. The van der Waals surface area contributed by atoms with Gasteiger partial charge in [-0.3, -0.25) is 9.89 Å². The molecule has 1 fully saturated rings. The van der Waals surface area contributed by atoms with E-state index in [1.807, 2.05) is 18.2 Å². The molecule has 0 unspecified atom stereocenters. The maximum atomic E-state index is 12.0. The Balaban J connectivity index is 0.00000133. The highest BCUT2D eigenvalue weighted by atomic mass is 35.5. The molecule has 1 aromatic heterocycles. The average Bonchev–Trinajstić information content (AvgIpc) is 2.87. The fourth-order valence-corrected chi connectivity index (χ4v) is 2.33. The quantitative estimate of drug-likeness (QED) is 0.789. The topological polar surface area (TPSA) is 69.8 Å². The number of rotatable bonds is 2. The maximum Gasteiger partial charge on any atom is 0.241 e. The number of fused-ring (bicyclic) bond motifs is 1. The van der Waals surface area contributed by atoms with E-state index in [2.05, 4.69) is 20.8 Å². The fourth-order valence-electron chi connectivity index (χ4n) is 2.33. The van der Waals surface area contributed by atoms with Crippen LogP contribution >= 0.6 is 12.4 Å². The van der Waals surface area contributed by atoms with E-state index in [4.69, 9.17) is 0 Å². The highest BCUT2D eigenvalue weighted by Gasteiger charge is 2.20. The number of carbonyl (C=O) groups is 1. The minimum atomic E-state index is -0.0567. The van der Waals surface area contributed by atoms with Gasteiger partial charge in [0.15, 0.2) is 0 Å². The lowest BCUT2D eigenvalue weighted by Gasteiger charge is -2.22. The molecule has 0 radical (unpaired) electrons. The van der Waals surface area contributed by atoms with Crippen molar-refractivity contribution in [3.63, 3.8) is 0 Å². The number of nitrogens with zero attached hydrogens (tertiary/aromatic N) is 1. The van der Waals surface area contributed by atoms with E-state index in [0.29, 0.717) is 0 Å². The molecule has 19 heavy (non-hydrogen) atoms. The smallest absolute Gasteiger partial charge is 0.241 e. The van der Waals surface area contributed by atoms with Crippen molar-refractivity contribution in [2.75, 3.05) is 11.9 Å². The first-order chi connectivity index (χ1) is 8.83. The second kappa shape index (κ2) is 6.04. The van der Waals surface area contributed by atoms with Gasteiger partial charge in [0.2, 0.25) is 5.91 Å². The van der Waals surface area contributed by atoms with Crippen LogP contribution in [0.1, 0.15) is 19.3 Å². The monoisotopic (exact) mass is 280 g/mol. The molecule has 0 aliphatic carbocycles. The molecule has 2 aromatic rings. The summed E-state index contributed by atoms with van der Waals surface area (Å²) in [6.07, 6.45) is 4.94. The van der Waals surface area contributed by atoms with Gasteiger partial charge in [0.25, 0.3) is 0 Å². The number of nitrogens with one attached hydrogen (secondary N) is 3. The van der Waals surface area contributed by atoms with Crippen LogP contribution in [-0.2, 0) is 4.79 Å². The molecular formula is C13H17ClN4O. The Morgan fingerprint density at radius 1 is 1.37 bits per heavy atom. The van der Waals surface area contributed by atoms with E-state index in [9.17, 15) is 4.79 Å². The molecule has 0 saturated carbocycles. The molecular weight excluding hydrogens is 264 g/mol. The van der Waals surface area contributed by atoms with Crippen molar-refractivity contribution >= 4 is 34.9 Å². The molecule has 2 heterocycles. The predicted molar refractivity (Wildman–Crippen MR) is 77.6 cm³/mol. The summed E-state index contributed by atoms with van der Waals surface area (Å²) in [5.74, 6) is 0.0533. The van der Waals surface area contributed by atoms with E-state index in [0.717, 1.165) is 42.4 Å². The number of anilines is 1. The summed E-state index contributed by atoms with van der Waals surface area (Å²) < 4.78 is 0. The van der Waals surface area contributed by atoms with Crippen molar-refractivity contribution in [1.82, 2.24) is 15.5 Å². The Morgan fingerprint density at radius 3 is 3.05 bits per heavy atom. The number of aromatic amines is 1. The third kappa shape index (κ3) is 3.05. The van der Waals surface area contributed by atoms with Crippen molar-refractivity contribution < 1.29 is 4.79 Å². The Labute approximate surface area is 117 Å². The number of carbonyl (C=O) groups excluding carboxylic acids is 1. The number of halogens is 1. The molecule has 1 aliphatic heterocycles. The lowest BCUT2D eigenvalue weighted by Crippen LogP contribution is -2.43. The summed E-state index contributed by atoms with van der Waals surface area (Å²) in [6, 6.07) is 5.69. The number of benzene rings is 1. The molecule has 0 bridgehead atoms. The van der Waals surface area contributed by atoms with Crippen molar-refractivity contribution in [2.24, 2.45) is 0 Å². The molecule has 102 valence electrons. The third-order valence-corrected chi connectivity index (χ3v) is 3.33. The average molecular weight is 281 g/mol. The molecule has 1 amide bonds. The van der Waals surface area contributed by atoms with E-state index < -0.39 is 0 Å². The van der Waals surface area contributed by atoms with Crippen LogP contribution in [0.4, 0.5) is 5.69 Å². The van der Waals surface area contributed by atoms with E-state index >= 15 is 0 Å². The zero-order valence-corrected chi connectivity index (χ0v) is 11.3. The van der Waals surface area contributed by atoms with Crippen molar-refractivity contribution in [1.29, 1.82) is 0 Å². The molecule has 1 aliphatic rings. The van der Waals surface area contributed by atoms with Crippen LogP contribution in [0.3, 0.4) is 0 Å². The highest BCUT2D eigenvalue weighted by molar-refractivity contribution is 5.96. The second-order valence-corrected chi connectivity index (χ2v) is 4.66. The molecule has 1 aromatic carbocycles. The zero-order chi connectivity index (χ0) is 12.4. The van der Waals surface area contributed by atoms with Gasteiger partial charge in [-0.2, -0.15) is 5.10 Å². The first kappa shape index (κ1) is 13.8. The van der Waals surface area contributed by atoms with Crippen molar-refractivity contribution in [2.45, 2.75) is 25.3 Å². The summed E-state index contributed by atoms with van der Waals surface area (Å²) in [6.45, 7) is 0.929. The summed E-state index contributed by atoms with van der Waals surface area (Å²) >= 11 is 0. The van der Waals surface area contributed by atoms with Crippen LogP contribution in [0.5, 0.6) is 0 Å². The Bertz CT molecular complexity index is 563. The normalized spacial score (nSPS) is 18.8. The van der Waals surface area contributed by atoms with Gasteiger partial charge >= 0.3 is 0 Å². The Morgan fingerprint density at radius 2 is 2.26 bits per heavy atom. The van der Waals surface area contributed by atoms with Gasteiger partial charge in [0, 0.05) is 11.1 Å². The molecule has 5 nitrogen and oxygen atoms in total. The molecule has 3 rings (SSSR count). The lowest BCUT2D eigenvalue weighted by molar-refractivity contribution is -0.118. The van der Waals surface area contributed by atoms with Gasteiger partial charge in [-0.25, -0.2) is 0 Å². The number of piperidine rings is 1. The van der Waals surface area contributed by atoms with Crippen LogP contribution < -0.4 is 10.6 Å². The van der Waals surface area contributed by atoms with Crippen LogP contribution in [0, 0.1) is 0 Å². The van der Waals surface area contributed by atoms with Crippen molar-refractivity contribution in [3.05, 3.63) is 24.4 Å². The maximum absolute atomic E-state index is 12.0. The van der Waals surface area contributed by atoms with Crippen LogP contribution in [0.25, 0.3) is 10.9 Å². The zero-order valence-electron chi connectivity index (χ0n) is 10.5. The van der Waals surface area contributed by atoms with E-state index in [1.165, 1.54) is 0 Å². The standard InChI is InChI=1S/C13H16N4O.ClH/c18-13(12-3-1-2-6-14-12)16-10-4-5-11-9(7-10)8-15-17-11;/h4-5,7-8,12,14H,1-3,6H2,(H,15,17)(H,16,18);1H/t12-;/m0./s1. The summed E-state index contributed by atoms with van der Waals surface area (Å²) in [5, 5.41) is 14.0. The minimum Gasteiger partial charge on any atom is -0.325 e. The van der Waals surface area contributed by atoms with Crippen LogP contribution in [0.15, 0.2) is 24.4 Å². The van der Waals surface area contributed by atoms with Gasteiger partial charge in [-0.15, -0.1) is 12.4 Å². The summed E-state index contributed by atoms with van der Waals surface area (Å²) in [7, 11) is 0. The first-order valence-corrected chi connectivity index (χ1v) is 6.30. The molecule has 3 N–H and O–H groups in total. The Hall–Kier alpha value is -1.59. The van der Waals surface area contributed by atoms with E-state index in [1.54, 1.807) is 6.20 Å². The highest BCUT2D eigenvalue weighted by Crippen LogP contribution is 2.17. The largest absolute Gasteiger partial charge is 0.325 e. The van der Waals surface area contributed by atoms with Crippen LogP contribution in [-0.4, -0.2) is 28.7 Å². The Kier molecular flexibility index (Phi) is 4.39. The molecule has 1 atom stereocenters. The van der Waals surface area contributed by atoms with Crippen LogP contribution in [0.2, 0.25) is 0 Å². The number of hydrogen-bond donors (Lipinski definition) is 3. The summed E-state index contributed by atoms with van der Waals surface area (Å²) in [4.78, 5) is 12.0. The van der Waals surface area contributed by atoms with Gasteiger partial charge in [-0.05, 0) is 37.6 Å². The first-order valence-electron chi connectivity index (χ1n) is 6.30. The van der Waals surface area contributed by atoms with Gasteiger partial charge in [0.05, 0.1) is 17.8 Å². The summed E-state index contributed by atoms with van der Waals surface area (Å²) in [5.41, 5.74) is 1.80. The SMILES string of the molecule is Cl.O=C(Nc1ccc2[nH]ncc2c1)[C@@H]1CCCCN1. The third-order valence-electron chi connectivity index (χ3n) is 3.33. The van der Waals surface area contributed by atoms with E-state index in [-0.39, 0.29) is 24.4 Å².